The minimum atomic E-state index is -0.323. The smallest absolute Gasteiger partial charge is 0.0799 e. The molecule has 1 fully saturated rings. The molecule has 0 aliphatic heterocycles. The number of rotatable bonds is 1. The van der Waals surface area contributed by atoms with E-state index in [0.29, 0.717) is 11.8 Å². The fraction of sp³-hybridized carbons (Fsp3) is 0.579. The lowest BCUT2D eigenvalue weighted by molar-refractivity contribution is 0.0948. The predicted octanol–water partition coefficient (Wildman–Crippen LogP) is 4.86. The monoisotopic (exact) mass is 270 g/mol. The number of hydrogen-bond acceptors (Lipinski definition) is 1. The molecule has 1 saturated carbocycles. The fourth-order valence-corrected chi connectivity index (χ4v) is 4.32. The van der Waals surface area contributed by atoms with Crippen molar-refractivity contribution in [1.82, 2.24) is 0 Å². The van der Waals surface area contributed by atoms with E-state index in [0.717, 1.165) is 12.8 Å². The van der Waals surface area contributed by atoms with Crippen LogP contribution < -0.4 is 0 Å². The summed E-state index contributed by atoms with van der Waals surface area (Å²) in [7, 11) is 0. The van der Waals surface area contributed by atoms with Crippen LogP contribution in [-0.4, -0.2) is 5.11 Å². The van der Waals surface area contributed by atoms with Gasteiger partial charge in [0, 0.05) is 0 Å². The van der Waals surface area contributed by atoms with Gasteiger partial charge in [-0.1, -0.05) is 51.1 Å². The maximum Gasteiger partial charge on any atom is 0.0799 e. The molecule has 0 radical (unpaired) electrons. The molecule has 0 amide bonds. The zero-order valence-electron chi connectivity index (χ0n) is 12.9. The zero-order valence-corrected chi connectivity index (χ0v) is 12.9. The zero-order chi connectivity index (χ0) is 14.5. The van der Waals surface area contributed by atoms with Gasteiger partial charge in [0.2, 0.25) is 0 Å². The first kappa shape index (κ1) is 13.9. The summed E-state index contributed by atoms with van der Waals surface area (Å²) in [4.78, 5) is 0. The molecule has 1 N–H and O–H groups in total. The molecule has 1 heteroatoms. The Balaban J connectivity index is 2.12. The van der Waals surface area contributed by atoms with Crippen molar-refractivity contribution in [2.24, 2.45) is 5.92 Å². The third-order valence-corrected chi connectivity index (χ3v) is 5.63. The van der Waals surface area contributed by atoms with E-state index in [4.69, 9.17) is 0 Å². The van der Waals surface area contributed by atoms with Gasteiger partial charge >= 0.3 is 0 Å². The lowest BCUT2D eigenvalue weighted by Gasteiger charge is -2.49. The van der Waals surface area contributed by atoms with Gasteiger partial charge in [-0.15, -0.1) is 0 Å². The third kappa shape index (κ3) is 1.95. The molecule has 3 atom stereocenters. The Morgan fingerprint density at radius 2 is 2.10 bits per heavy atom. The fourth-order valence-electron chi connectivity index (χ4n) is 4.32. The second kappa shape index (κ2) is 4.73. The first-order chi connectivity index (χ1) is 9.43. The van der Waals surface area contributed by atoms with Crippen molar-refractivity contribution in [2.45, 2.75) is 63.9 Å². The van der Waals surface area contributed by atoms with E-state index in [1.165, 1.54) is 35.1 Å². The van der Waals surface area contributed by atoms with Crippen molar-refractivity contribution in [3.8, 4) is 0 Å². The van der Waals surface area contributed by atoms with E-state index in [1.54, 1.807) is 0 Å². The number of aliphatic hydroxyl groups excluding tert-OH is 1. The average Bonchev–Trinajstić information content (AvgIpc) is 2.41. The lowest BCUT2D eigenvalue weighted by Crippen LogP contribution is -2.41. The van der Waals surface area contributed by atoms with E-state index in [2.05, 4.69) is 45.5 Å². The number of benzene rings is 1. The maximum absolute atomic E-state index is 10.6. The van der Waals surface area contributed by atoms with E-state index in [1.807, 2.05) is 0 Å². The van der Waals surface area contributed by atoms with Gasteiger partial charge in [-0.3, -0.25) is 0 Å². The van der Waals surface area contributed by atoms with E-state index in [9.17, 15) is 5.11 Å². The van der Waals surface area contributed by atoms with Crippen molar-refractivity contribution in [3.05, 3.63) is 47.0 Å². The van der Waals surface area contributed by atoms with Crippen LogP contribution in [0.3, 0.4) is 0 Å². The molecule has 1 aromatic rings. The van der Waals surface area contributed by atoms with Crippen LogP contribution in [0.25, 0.3) is 0 Å². The molecule has 2 aliphatic rings. The highest BCUT2D eigenvalue weighted by Gasteiger charge is 2.45. The van der Waals surface area contributed by atoms with Crippen molar-refractivity contribution in [2.75, 3.05) is 0 Å². The third-order valence-electron chi connectivity index (χ3n) is 5.63. The standard InChI is InChI=1S/C19H26O/c1-12(2)14-7-8-16-15(10-14)18(20)11-17-13(3)6-5-9-19(16,17)4/h7-8,10,12,17-18,20H,3,5-6,9,11H2,1-2,4H3. The summed E-state index contributed by atoms with van der Waals surface area (Å²) < 4.78 is 0. The Kier molecular flexibility index (Phi) is 3.29. The SMILES string of the molecule is C=C1CCCC2(C)c3ccc(C(C)C)cc3C(O)CC12. The molecule has 0 spiro atoms. The van der Waals surface area contributed by atoms with Crippen molar-refractivity contribution in [3.63, 3.8) is 0 Å². The van der Waals surface area contributed by atoms with Gasteiger partial charge in [-0.25, -0.2) is 0 Å². The highest BCUT2D eigenvalue weighted by atomic mass is 16.3. The van der Waals surface area contributed by atoms with Gasteiger partial charge in [0.15, 0.2) is 0 Å². The van der Waals surface area contributed by atoms with E-state index in [-0.39, 0.29) is 11.5 Å². The van der Waals surface area contributed by atoms with Crippen LogP contribution in [0.2, 0.25) is 0 Å². The maximum atomic E-state index is 10.6. The van der Waals surface area contributed by atoms with Crippen LogP contribution >= 0.6 is 0 Å². The first-order valence-corrected chi connectivity index (χ1v) is 7.93. The molecule has 3 rings (SSSR count). The van der Waals surface area contributed by atoms with Gasteiger partial charge in [0.1, 0.15) is 0 Å². The Morgan fingerprint density at radius 1 is 1.35 bits per heavy atom. The molecule has 0 aromatic heterocycles. The molecule has 0 heterocycles. The first-order valence-electron chi connectivity index (χ1n) is 7.93. The van der Waals surface area contributed by atoms with Gasteiger partial charge in [0.05, 0.1) is 6.10 Å². The molecular formula is C19H26O. The number of fused-ring (bicyclic) bond motifs is 3. The summed E-state index contributed by atoms with van der Waals surface area (Å²) in [5.74, 6) is 0.961. The summed E-state index contributed by atoms with van der Waals surface area (Å²) >= 11 is 0. The molecule has 1 nitrogen and oxygen atoms in total. The number of aliphatic hydroxyl groups is 1. The molecule has 0 saturated heterocycles. The normalized spacial score (nSPS) is 33.0. The topological polar surface area (TPSA) is 20.2 Å². The Bertz CT molecular complexity index is 543. The molecular weight excluding hydrogens is 244 g/mol. The largest absolute Gasteiger partial charge is 0.388 e. The van der Waals surface area contributed by atoms with Crippen LogP contribution in [0, 0.1) is 5.92 Å². The highest BCUT2D eigenvalue weighted by Crippen LogP contribution is 2.54. The summed E-state index contributed by atoms with van der Waals surface area (Å²) in [6, 6.07) is 6.77. The number of hydrogen-bond donors (Lipinski definition) is 1. The predicted molar refractivity (Wildman–Crippen MR) is 83.9 cm³/mol. The molecule has 3 unspecified atom stereocenters. The quantitative estimate of drug-likeness (QED) is 0.722. The van der Waals surface area contributed by atoms with E-state index < -0.39 is 0 Å². The van der Waals surface area contributed by atoms with Gasteiger partial charge in [0.25, 0.3) is 0 Å². The van der Waals surface area contributed by atoms with Crippen molar-refractivity contribution in [1.29, 1.82) is 0 Å². The summed E-state index contributed by atoms with van der Waals surface area (Å²) in [5.41, 5.74) is 5.39. The van der Waals surface area contributed by atoms with Gasteiger partial charge in [-0.05, 0) is 59.6 Å². The molecule has 0 bridgehead atoms. The second-order valence-corrected chi connectivity index (χ2v) is 7.23. The molecule has 20 heavy (non-hydrogen) atoms. The summed E-state index contributed by atoms with van der Waals surface area (Å²) in [6.45, 7) is 11.1. The Hall–Kier alpha value is -1.08. The summed E-state index contributed by atoms with van der Waals surface area (Å²) in [6.07, 6.45) is 4.11. The van der Waals surface area contributed by atoms with Crippen molar-refractivity contribution >= 4 is 0 Å². The minimum Gasteiger partial charge on any atom is -0.388 e. The summed E-state index contributed by atoms with van der Waals surface area (Å²) in [5, 5.41) is 10.6. The van der Waals surface area contributed by atoms with Crippen LogP contribution in [0.5, 0.6) is 0 Å². The molecule has 1 aromatic carbocycles. The molecule has 108 valence electrons. The van der Waals surface area contributed by atoms with Crippen LogP contribution in [0.1, 0.15) is 75.2 Å². The highest BCUT2D eigenvalue weighted by molar-refractivity contribution is 5.44. The Morgan fingerprint density at radius 3 is 2.80 bits per heavy atom. The second-order valence-electron chi connectivity index (χ2n) is 7.23. The molecule has 2 aliphatic carbocycles. The number of allylic oxidation sites excluding steroid dienone is 1. The Labute approximate surface area is 122 Å². The van der Waals surface area contributed by atoms with Crippen LogP contribution in [0.15, 0.2) is 30.4 Å². The van der Waals surface area contributed by atoms with Crippen LogP contribution in [-0.2, 0) is 5.41 Å². The average molecular weight is 270 g/mol. The lowest BCUT2D eigenvalue weighted by atomic mass is 9.56. The van der Waals surface area contributed by atoms with Gasteiger partial charge in [-0.2, -0.15) is 0 Å². The van der Waals surface area contributed by atoms with Crippen molar-refractivity contribution < 1.29 is 5.11 Å². The van der Waals surface area contributed by atoms with Gasteiger partial charge < -0.3 is 5.11 Å². The van der Waals surface area contributed by atoms with Crippen LogP contribution in [0.4, 0.5) is 0 Å². The minimum absolute atomic E-state index is 0.180. The van der Waals surface area contributed by atoms with E-state index >= 15 is 0 Å².